The molecule has 3 N–H and O–H groups in total. The molecule has 0 saturated carbocycles. The lowest BCUT2D eigenvalue weighted by Crippen LogP contribution is -2.44. The highest BCUT2D eigenvalue weighted by atomic mass is 32.1. The molecule has 0 spiro atoms. The molecule has 30 heavy (non-hydrogen) atoms. The molecule has 0 fully saturated rings. The van der Waals surface area contributed by atoms with Gasteiger partial charge >= 0.3 is 0 Å². The Labute approximate surface area is 178 Å². The first-order valence-electron chi connectivity index (χ1n) is 9.16. The van der Waals surface area contributed by atoms with Crippen LogP contribution in [0.4, 0.5) is 5.69 Å². The van der Waals surface area contributed by atoms with Gasteiger partial charge in [-0.25, -0.2) is 0 Å². The number of hydrazine groups is 1. The van der Waals surface area contributed by atoms with Gasteiger partial charge in [0, 0.05) is 5.38 Å². The number of aryl methyl sites for hydroxylation is 2. The van der Waals surface area contributed by atoms with Crippen molar-refractivity contribution in [1.29, 1.82) is 0 Å². The normalized spacial score (nSPS) is 10.2. The summed E-state index contributed by atoms with van der Waals surface area (Å²) in [7, 11) is 0. The van der Waals surface area contributed by atoms with Crippen LogP contribution in [0.15, 0.2) is 59.3 Å². The molecule has 1 heterocycles. The second-order valence-electron chi connectivity index (χ2n) is 6.57. The summed E-state index contributed by atoms with van der Waals surface area (Å²) in [6.45, 7) is 3.57. The second kappa shape index (κ2) is 9.71. The Hall–Kier alpha value is -3.65. The van der Waals surface area contributed by atoms with Crippen LogP contribution in [0, 0.1) is 13.8 Å². The van der Waals surface area contributed by atoms with Gasteiger partial charge in [0.15, 0.2) is 6.61 Å². The third-order valence-electron chi connectivity index (χ3n) is 4.22. The summed E-state index contributed by atoms with van der Waals surface area (Å²) in [5.41, 5.74) is 7.66. The first kappa shape index (κ1) is 21.1. The van der Waals surface area contributed by atoms with E-state index in [9.17, 15) is 14.4 Å². The number of hydrogen-bond acceptors (Lipinski definition) is 5. The zero-order chi connectivity index (χ0) is 21.5. The van der Waals surface area contributed by atoms with Gasteiger partial charge in [0.2, 0.25) is 0 Å². The molecule has 0 radical (unpaired) electrons. The third-order valence-corrected chi connectivity index (χ3v) is 4.90. The zero-order valence-corrected chi connectivity index (χ0v) is 17.3. The Bertz CT molecular complexity index is 1060. The molecule has 8 heteroatoms. The summed E-state index contributed by atoms with van der Waals surface area (Å²) in [5.74, 6) is -0.777. The van der Waals surface area contributed by atoms with Crippen LogP contribution < -0.4 is 20.9 Å². The van der Waals surface area contributed by atoms with Crippen molar-refractivity contribution in [2.45, 2.75) is 13.8 Å². The van der Waals surface area contributed by atoms with Gasteiger partial charge in [-0.1, -0.05) is 24.3 Å². The quantitative estimate of drug-likeness (QED) is 0.529. The van der Waals surface area contributed by atoms with Crippen LogP contribution in [0.25, 0.3) is 0 Å². The first-order chi connectivity index (χ1) is 14.4. The highest BCUT2D eigenvalue weighted by molar-refractivity contribution is 7.08. The molecule has 0 aliphatic heterocycles. The molecule has 3 rings (SSSR count). The molecule has 0 atom stereocenters. The molecule has 1 aromatic heterocycles. The van der Waals surface area contributed by atoms with Crippen molar-refractivity contribution in [3.63, 3.8) is 0 Å². The number of rotatable bonds is 6. The maximum absolute atomic E-state index is 12.5. The van der Waals surface area contributed by atoms with Crippen molar-refractivity contribution in [2.24, 2.45) is 0 Å². The highest BCUT2D eigenvalue weighted by Crippen LogP contribution is 2.19. The van der Waals surface area contributed by atoms with E-state index in [1.807, 2.05) is 32.0 Å². The summed E-state index contributed by atoms with van der Waals surface area (Å²) in [5, 5.41) is 6.22. The molecule has 2 aromatic carbocycles. The van der Waals surface area contributed by atoms with Crippen molar-refractivity contribution in [3.05, 3.63) is 81.5 Å². The summed E-state index contributed by atoms with van der Waals surface area (Å²) >= 11 is 1.41. The SMILES string of the molecule is Cc1ccc(C)c(OCC(=O)NNC(=O)c2ccccc2NC(=O)c2ccsc2)c1. The van der Waals surface area contributed by atoms with Crippen LogP contribution in [0.3, 0.4) is 0 Å². The Kier molecular flexibility index (Phi) is 6.82. The number of benzene rings is 2. The Morgan fingerprint density at radius 3 is 2.53 bits per heavy atom. The number of carbonyl (C=O) groups excluding carboxylic acids is 3. The highest BCUT2D eigenvalue weighted by Gasteiger charge is 2.15. The minimum absolute atomic E-state index is 0.219. The largest absolute Gasteiger partial charge is 0.483 e. The maximum atomic E-state index is 12.5. The molecular formula is C22H21N3O4S. The average molecular weight is 423 g/mol. The van der Waals surface area contributed by atoms with Crippen LogP contribution in [0.5, 0.6) is 5.75 Å². The molecule has 0 aliphatic carbocycles. The van der Waals surface area contributed by atoms with Crippen molar-refractivity contribution in [3.8, 4) is 5.75 Å². The fourth-order valence-corrected chi connectivity index (χ4v) is 3.25. The van der Waals surface area contributed by atoms with Gasteiger partial charge in [-0.15, -0.1) is 0 Å². The number of para-hydroxylation sites is 1. The van der Waals surface area contributed by atoms with Crippen molar-refractivity contribution in [2.75, 3.05) is 11.9 Å². The van der Waals surface area contributed by atoms with Crippen molar-refractivity contribution >= 4 is 34.7 Å². The minimum atomic E-state index is -0.559. The predicted molar refractivity (Wildman–Crippen MR) is 116 cm³/mol. The molecule has 3 aromatic rings. The molecule has 0 unspecified atom stereocenters. The molecule has 3 amide bonds. The van der Waals surface area contributed by atoms with Crippen molar-refractivity contribution < 1.29 is 19.1 Å². The number of anilines is 1. The molecular weight excluding hydrogens is 402 g/mol. The molecule has 0 bridgehead atoms. The number of hydrogen-bond donors (Lipinski definition) is 3. The number of amides is 3. The van der Waals surface area contributed by atoms with E-state index >= 15 is 0 Å². The molecule has 7 nitrogen and oxygen atoms in total. The van der Waals surface area contributed by atoms with E-state index in [0.29, 0.717) is 17.0 Å². The average Bonchev–Trinajstić information content (AvgIpc) is 3.28. The standard InChI is InChI=1S/C22H21N3O4S/c1-14-7-8-15(2)19(11-14)29-12-20(26)24-25-22(28)17-5-3-4-6-18(17)23-21(27)16-9-10-30-13-16/h3-11,13H,12H2,1-2H3,(H,23,27)(H,24,26)(H,25,28). The summed E-state index contributed by atoms with van der Waals surface area (Å²) in [4.78, 5) is 36.8. The van der Waals surface area contributed by atoms with Crippen LogP contribution in [-0.2, 0) is 4.79 Å². The third kappa shape index (κ3) is 5.45. The lowest BCUT2D eigenvalue weighted by atomic mass is 10.1. The fourth-order valence-electron chi connectivity index (χ4n) is 2.61. The summed E-state index contributed by atoms with van der Waals surface area (Å²) in [6.07, 6.45) is 0. The zero-order valence-electron chi connectivity index (χ0n) is 16.5. The number of carbonyl (C=O) groups is 3. The Balaban J connectivity index is 1.56. The lowest BCUT2D eigenvalue weighted by Gasteiger charge is -2.13. The van der Waals surface area contributed by atoms with Gasteiger partial charge in [-0.2, -0.15) is 11.3 Å². The van der Waals surface area contributed by atoms with Gasteiger partial charge in [0.1, 0.15) is 5.75 Å². The van der Waals surface area contributed by atoms with E-state index in [0.717, 1.165) is 11.1 Å². The van der Waals surface area contributed by atoms with E-state index < -0.39 is 11.8 Å². The van der Waals surface area contributed by atoms with Gasteiger partial charge in [0.05, 0.1) is 16.8 Å². The van der Waals surface area contributed by atoms with Gasteiger partial charge in [0.25, 0.3) is 17.7 Å². The lowest BCUT2D eigenvalue weighted by molar-refractivity contribution is -0.123. The predicted octanol–water partition coefficient (Wildman–Crippen LogP) is 3.46. The van der Waals surface area contributed by atoms with Crippen LogP contribution in [0.1, 0.15) is 31.8 Å². The van der Waals surface area contributed by atoms with Crippen LogP contribution in [0.2, 0.25) is 0 Å². The molecule has 0 saturated heterocycles. The van der Waals surface area contributed by atoms with Crippen LogP contribution >= 0.6 is 11.3 Å². The van der Waals surface area contributed by atoms with Gasteiger partial charge in [-0.05, 0) is 54.6 Å². The summed E-state index contributed by atoms with van der Waals surface area (Å²) < 4.78 is 5.52. The number of nitrogens with one attached hydrogen (secondary N) is 3. The van der Waals surface area contributed by atoms with Gasteiger partial charge in [-0.3, -0.25) is 25.2 Å². The van der Waals surface area contributed by atoms with E-state index in [1.54, 1.807) is 41.1 Å². The maximum Gasteiger partial charge on any atom is 0.276 e. The topological polar surface area (TPSA) is 96.5 Å². The first-order valence-corrected chi connectivity index (χ1v) is 10.1. The monoisotopic (exact) mass is 423 g/mol. The van der Waals surface area contributed by atoms with E-state index in [2.05, 4.69) is 16.2 Å². The summed E-state index contributed by atoms with van der Waals surface area (Å²) in [6, 6.07) is 13.9. The molecule has 0 aliphatic rings. The minimum Gasteiger partial charge on any atom is -0.483 e. The van der Waals surface area contributed by atoms with Crippen LogP contribution in [-0.4, -0.2) is 24.3 Å². The van der Waals surface area contributed by atoms with Gasteiger partial charge < -0.3 is 10.1 Å². The Morgan fingerprint density at radius 1 is 0.967 bits per heavy atom. The second-order valence-corrected chi connectivity index (χ2v) is 7.35. The van der Waals surface area contributed by atoms with E-state index in [1.165, 1.54) is 11.3 Å². The van der Waals surface area contributed by atoms with E-state index in [4.69, 9.17) is 4.74 Å². The smallest absolute Gasteiger partial charge is 0.276 e. The fraction of sp³-hybridized carbons (Fsp3) is 0.136. The van der Waals surface area contributed by atoms with E-state index in [-0.39, 0.29) is 18.1 Å². The molecule has 154 valence electrons. The van der Waals surface area contributed by atoms with Crippen molar-refractivity contribution in [1.82, 2.24) is 10.9 Å². The number of ether oxygens (including phenoxy) is 1. The number of thiophene rings is 1. The Morgan fingerprint density at radius 2 is 1.77 bits per heavy atom.